The largest absolute Gasteiger partial charge is 0.439 e. The average Bonchev–Trinajstić information content (AvgIpc) is 3.41. The molecule has 0 spiro atoms. The van der Waals surface area contributed by atoms with E-state index in [-0.39, 0.29) is 6.73 Å². The smallest absolute Gasteiger partial charge is 0.275 e. The third-order valence-electron chi connectivity index (χ3n) is 5.48. The number of nitrogens with one attached hydrogen (secondary N) is 1. The molecule has 0 amide bonds. The second-order valence-corrected chi connectivity index (χ2v) is 7.51. The lowest BCUT2D eigenvalue weighted by Crippen LogP contribution is -2.28. The number of alkyl halides is 2. The zero-order valence-electron chi connectivity index (χ0n) is 16.4. The highest BCUT2D eigenvalue weighted by atomic mass is 19.3. The van der Waals surface area contributed by atoms with E-state index in [9.17, 15) is 13.9 Å². The van der Waals surface area contributed by atoms with E-state index in [1.807, 2.05) is 6.07 Å². The normalized spacial score (nSPS) is 16.9. The molecule has 2 aromatic heterocycles. The molecule has 0 fully saturated rings. The van der Waals surface area contributed by atoms with Crippen molar-refractivity contribution < 1.29 is 18.3 Å². The van der Waals surface area contributed by atoms with Gasteiger partial charge in [0.05, 0.1) is 23.3 Å². The Bertz CT molecular complexity index is 1350. The first kappa shape index (κ1) is 19.2. The predicted molar refractivity (Wildman–Crippen MR) is 108 cm³/mol. The number of nitriles is 1. The molecule has 0 saturated heterocycles. The monoisotopic (exact) mass is 421 g/mol. The molecule has 1 unspecified atom stereocenters. The summed E-state index contributed by atoms with van der Waals surface area (Å²) >= 11 is 0. The summed E-state index contributed by atoms with van der Waals surface area (Å²) in [7, 11) is 0. The molecule has 0 bridgehead atoms. The molecule has 5 rings (SSSR count). The van der Waals surface area contributed by atoms with Crippen LogP contribution in [0.4, 0.5) is 14.5 Å². The van der Waals surface area contributed by atoms with Gasteiger partial charge in [-0.05, 0) is 41.5 Å². The van der Waals surface area contributed by atoms with Crippen LogP contribution in [-0.2, 0) is 13.2 Å². The Morgan fingerprint density at radius 3 is 2.87 bits per heavy atom. The van der Waals surface area contributed by atoms with Gasteiger partial charge in [-0.15, -0.1) is 0 Å². The van der Waals surface area contributed by atoms with E-state index in [2.05, 4.69) is 15.4 Å². The summed E-state index contributed by atoms with van der Waals surface area (Å²) in [6, 6.07) is 10.5. The zero-order valence-corrected chi connectivity index (χ0v) is 16.4. The number of rotatable bonds is 4. The molecule has 2 heterocycles. The van der Waals surface area contributed by atoms with Gasteiger partial charge in [0, 0.05) is 24.4 Å². The van der Waals surface area contributed by atoms with Crippen LogP contribution in [0.1, 0.15) is 28.6 Å². The second kappa shape index (κ2) is 6.89. The van der Waals surface area contributed by atoms with Crippen molar-refractivity contribution in [3.63, 3.8) is 0 Å². The molecule has 1 aliphatic rings. The Morgan fingerprint density at radius 2 is 2.16 bits per heavy atom. The number of nitrogens with zero attached hydrogens (tertiary/aromatic N) is 4. The predicted octanol–water partition coefficient (Wildman–Crippen LogP) is 4.17. The molecule has 0 saturated carbocycles. The van der Waals surface area contributed by atoms with E-state index in [4.69, 9.17) is 9.68 Å². The van der Waals surface area contributed by atoms with Gasteiger partial charge in [-0.25, -0.2) is 18.4 Å². The van der Waals surface area contributed by atoms with Crippen LogP contribution in [0.3, 0.4) is 0 Å². The number of aliphatic hydroxyl groups is 1. The number of aliphatic hydroxyl groups excluding tert-OH is 1. The summed E-state index contributed by atoms with van der Waals surface area (Å²) in [5.74, 6) is -2.12. The van der Waals surface area contributed by atoms with E-state index in [1.54, 1.807) is 37.3 Å². The first-order valence-electron chi connectivity index (χ1n) is 9.61. The first-order valence-corrected chi connectivity index (χ1v) is 9.61. The van der Waals surface area contributed by atoms with E-state index in [1.165, 1.54) is 16.9 Å². The van der Waals surface area contributed by atoms with Crippen LogP contribution in [0.2, 0.25) is 0 Å². The highest BCUT2D eigenvalue weighted by molar-refractivity contribution is 5.94. The topological polar surface area (TPSA) is 99.9 Å². The Balaban J connectivity index is 1.57. The lowest BCUT2D eigenvalue weighted by Gasteiger charge is -2.22. The summed E-state index contributed by atoms with van der Waals surface area (Å²) in [5, 5.41) is 26.7. The van der Waals surface area contributed by atoms with Crippen LogP contribution in [-0.4, -0.2) is 25.8 Å². The van der Waals surface area contributed by atoms with Crippen LogP contribution in [0.25, 0.3) is 22.4 Å². The van der Waals surface area contributed by atoms with E-state index < -0.39 is 18.4 Å². The average molecular weight is 421 g/mol. The molecule has 0 radical (unpaired) electrons. The van der Waals surface area contributed by atoms with Gasteiger partial charge < -0.3 is 14.8 Å². The van der Waals surface area contributed by atoms with Crippen molar-refractivity contribution in [2.45, 2.75) is 32.0 Å². The molecule has 2 aromatic carbocycles. The number of hydrogen-bond donors (Lipinski definition) is 2. The van der Waals surface area contributed by atoms with E-state index >= 15 is 0 Å². The Hall–Kier alpha value is -3.77. The summed E-state index contributed by atoms with van der Waals surface area (Å²) in [4.78, 5) is 4.08. The van der Waals surface area contributed by atoms with E-state index in [0.29, 0.717) is 50.6 Å². The van der Waals surface area contributed by atoms with Crippen molar-refractivity contribution >= 4 is 16.6 Å². The number of fused-ring (bicyclic) bond motifs is 2. The van der Waals surface area contributed by atoms with Gasteiger partial charge in [0.15, 0.2) is 11.7 Å². The minimum atomic E-state index is -3.01. The molecule has 0 aliphatic heterocycles. The number of halogens is 2. The zero-order chi connectivity index (χ0) is 21.8. The molecular weight excluding hydrogens is 404 g/mol. The molecule has 7 nitrogen and oxygen atoms in total. The molecule has 1 atom stereocenters. The Kier molecular flexibility index (Phi) is 4.27. The molecule has 9 heteroatoms. The van der Waals surface area contributed by atoms with Gasteiger partial charge in [0.2, 0.25) is 0 Å². The van der Waals surface area contributed by atoms with Crippen molar-refractivity contribution in [1.82, 2.24) is 14.8 Å². The maximum atomic E-state index is 14.8. The number of aromatic nitrogens is 3. The number of aryl methyl sites for hydroxylation is 1. The third-order valence-corrected chi connectivity index (χ3v) is 5.48. The van der Waals surface area contributed by atoms with E-state index in [0.717, 1.165) is 0 Å². The molecular formula is C22H17F2N5O2. The quantitative estimate of drug-likeness (QED) is 0.513. The van der Waals surface area contributed by atoms with Crippen molar-refractivity contribution in [3.8, 4) is 17.5 Å². The van der Waals surface area contributed by atoms with Crippen LogP contribution >= 0.6 is 0 Å². The highest BCUT2D eigenvalue weighted by Gasteiger charge is 2.47. The minimum Gasteiger partial charge on any atom is -0.439 e. The number of hydrogen-bond acceptors (Lipinski definition) is 6. The molecule has 2 N–H and O–H groups in total. The number of anilines is 1. The van der Waals surface area contributed by atoms with Crippen molar-refractivity contribution in [3.05, 3.63) is 65.2 Å². The fourth-order valence-corrected chi connectivity index (χ4v) is 4.07. The van der Waals surface area contributed by atoms with Crippen LogP contribution in [0.5, 0.6) is 0 Å². The van der Waals surface area contributed by atoms with Crippen LogP contribution in [0.15, 0.2) is 47.0 Å². The second-order valence-electron chi connectivity index (χ2n) is 7.51. The summed E-state index contributed by atoms with van der Waals surface area (Å²) in [5.41, 5.74) is 2.87. The van der Waals surface area contributed by atoms with Gasteiger partial charge in [-0.1, -0.05) is 6.07 Å². The molecule has 1 aliphatic carbocycles. The Morgan fingerprint density at radius 1 is 1.32 bits per heavy atom. The standard InChI is InChI=1S/C22H17F2N5O2/c1-12-26-10-19(31-12)20-17-7-15(3-5-18(17)29(11-30)28-20)27-21-16-4-2-13(9-25)6-14(16)8-22(21,23)24/h2-7,10,21,27,30H,8,11H2,1H3. The lowest BCUT2D eigenvalue weighted by molar-refractivity contribution is -0.00705. The minimum absolute atomic E-state index is 0.342. The summed E-state index contributed by atoms with van der Waals surface area (Å²) < 4.78 is 36.6. The van der Waals surface area contributed by atoms with Crippen molar-refractivity contribution in [1.29, 1.82) is 5.26 Å². The fourth-order valence-electron chi connectivity index (χ4n) is 4.07. The van der Waals surface area contributed by atoms with Gasteiger partial charge in [-0.2, -0.15) is 10.4 Å². The van der Waals surface area contributed by atoms with Gasteiger partial charge in [0.1, 0.15) is 18.5 Å². The number of oxazole rings is 1. The Labute approximate surface area is 175 Å². The van der Waals surface area contributed by atoms with Gasteiger partial charge >= 0.3 is 0 Å². The maximum Gasteiger partial charge on any atom is 0.275 e. The van der Waals surface area contributed by atoms with Gasteiger partial charge in [-0.3, -0.25) is 0 Å². The summed E-state index contributed by atoms with van der Waals surface area (Å²) in [6.07, 6.45) is 1.11. The summed E-state index contributed by atoms with van der Waals surface area (Å²) in [6.45, 7) is 1.37. The van der Waals surface area contributed by atoms with Crippen LogP contribution in [0, 0.1) is 18.3 Å². The SMILES string of the molecule is Cc1ncc(-c2nn(CO)c3ccc(NC4c5ccc(C#N)cc5CC4(F)F)cc23)o1. The molecule has 4 aromatic rings. The molecule has 31 heavy (non-hydrogen) atoms. The maximum absolute atomic E-state index is 14.8. The third kappa shape index (κ3) is 3.12. The van der Waals surface area contributed by atoms with Gasteiger partial charge in [0.25, 0.3) is 5.92 Å². The van der Waals surface area contributed by atoms with Crippen molar-refractivity contribution in [2.75, 3.05) is 5.32 Å². The van der Waals surface area contributed by atoms with Crippen molar-refractivity contribution in [2.24, 2.45) is 0 Å². The first-order chi connectivity index (χ1) is 14.9. The highest BCUT2D eigenvalue weighted by Crippen LogP contribution is 2.45. The number of benzene rings is 2. The van der Waals surface area contributed by atoms with Crippen LogP contribution < -0.4 is 5.32 Å². The fraction of sp³-hybridized carbons (Fsp3) is 0.227. The molecule has 156 valence electrons. The lowest BCUT2D eigenvalue weighted by atomic mass is 10.0.